The van der Waals surface area contributed by atoms with Crippen molar-refractivity contribution in [2.45, 2.75) is 24.3 Å². The number of nitriles is 2. The summed E-state index contributed by atoms with van der Waals surface area (Å²) in [6.45, 7) is 6.03. The number of allylic oxidation sites excluding steroid dienone is 1. The average Bonchev–Trinajstić information content (AvgIpc) is 2.89. The van der Waals surface area contributed by atoms with Crippen molar-refractivity contribution in [3.8, 4) is 12.1 Å². The number of aryl methyl sites for hydroxylation is 1. The summed E-state index contributed by atoms with van der Waals surface area (Å²) in [6, 6.07) is 28.9. The van der Waals surface area contributed by atoms with Crippen LogP contribution in [-0.4, -0.2) is 19.3 Å². The minimum atomic E-state index is -4.03. The Hall–Kier alpha value is -3.71. The fraction of sp³-hybridized carbons (Fsp3) is 0.241. The van der Waals surface area contributed by atoms with Gasteiger partial charge in [-0.15, -0.1) is 6.58 Å². The molecule has 4 rings (SSSR count). The van der Waals surface area contributed by atoms with Crippen molar-refractivity contribution in [1.29, 1.82) is 10.5 Å². The highest BCUT2D eigenvalue weighted by molar-refractivity contribution is 7.89. The van der Waals surface area contributed by atoms with E-state index in [1.54, 1.807) is 54.6 Å². The monoisotopic (exact) mass is 481 g/mol. The lowest BCUT2D eigenvalue weighted by molar-refractivity contribution is 0.0681. The normalized spacial score (nSPS) is 22.0. The van der Waals surface area contributed by atoms with Gasteiger partial charge in [0.2, 0.25) is 10.0 Å². The predicted octanol–water partition coefficient (Wildman–Crippen LogP) is 5.44. The maximum Gasteiger partial charge on any atom is 0.243 e. The number of sulfonamides is 1. The van der Waals surface area contributed by atoms with E-state index in [0.717, 1.165) is 11.1 Å². The van der Waals surface area contributed by atoms with Gasteiger partial charge in [-0.25, -0.2) is 8.42 Å². The molecule has 0 N–H and O–H groups in total. The van der Waals surface area contributed by atoms with Crippen LogP contribution in [0.2, 0.25) is 0 Å². The van der Waals surface area contributed by atoms with E-state index in [9.17, 15) is 18.9 Å². The summed E-state index contributed by atoms with van der Waals surface area (Å²) in [4.78, 5) is 0.143. The molecule has 0 aromatic heterocycles. The molecule has 1 aliphatic rings. The molecule has 0 amide bonds. The smallest absolute Gasteiger partial charge is 0.207 e. The molecule has 0 spiro atoms. The number of benzene rings is 3. The largest absolute Gasteiger partial charge is 0.243 e. The summed E-state index contributed by atoms with van der Waals surface area (Å²) < 4.78 is 29.5. The van der Waals surface area contributed by atoms with Gasteiger partial charge in [0.25, 0.3) is 0 Å². The summed E-state index contributed by atoms with van der Waals surface area (Å²) in [7, 11) is -4.03. The minimum Gasteiger partial charge on any atom is -0.207 e. The third-order valence-electron chi connectivity index (χ3n) is 6.87. The lowest BCUT2D eigenvalue weighted by Gasteiger charge is -2.49. The first-order valence-corrected chi connectivity index (χ1v) is 12.9. The zero-order chi connectivity index (χ0) is 25.1. The van der Waals surface area contributed by atoms with Crippen LogP contribution in [0.5, 0.6) is 0 Å². The Morgan fingerprint density at radius 2 is 1.54 bits per heavy atom. The number of rotatable bonds is 6. The SMILES string of the molecule is C=C[C@@H]1[C@H](Cc2ccccc2)CN(S(=O)(=O)c2ccc(C)cc2)[C@@H](c2ccccc2)C1(C#N)C#N. The van der Waals surface area contributed by atoms with Crippen molar-refractivity contribution >= 4 is 10.0 Å². The second kappa shape index (κ2) is 9.88. The highest BCUT2D eigenvalue weighted by Gasteiger charge is 2.58. The summed E-state index contributed by atoms with van der Waals surface area (Å²) in [5.74, 6) is -0.846. The molecular formula is C29H27N3O2S. The van der Waals surface area contributed by atoms with E-state index in [2.05, 4.69) is 18.7 Å². The number of nitrogens with zero attached hydrogens (tertiary/aromatic N) is 3. The van der Waals surface area contributed by atoms with Crippen LogP contribution >= 0.6 is 0 Å². The van der Waals surface area contributed by atoms with Gasteiger partial charge in [-0.05, 0) is 42.5 Å². The molecule has 35 heavy (non-hydrogen) atoms. The van der Waals surface area contributed by atoms with Crippen molar-refractivity contribution in [2.24, 2.45) is 17.3 Å². The average molecular weight is 482 g/mol. The molecule has 3 aromatic carbocycles. The van der Waals surface area contributed by atoms with E-state index in [1.807, 2.05) is 43.3 Å². The van der Waals surface area contributed by atoms with Crippen LogP contribution in [0.15, 0.2) is 102 Å². The number of piperidine rings is 1. The maximum absolute atomic E-state index is 14.1. The zero-order valence-corrected chi connectivity index (χ0v) is 20.4. The highest BCUT2D eigenvalue weighted by atomic mass is 32.2. The van der Waals surface area contributed by atoms with Gasteiger partial charge in [0.05, 0.1) is 23.1 Å². The van der Waals surface area contributed by atoms with Gasteiger partial charge in [-0.3, -0.25) is 0 Å². The van der Waals surface area contributed by atoms with E-state index in [0.29, 0.717) is 12.0 Å². The lowest BCUT2D eigenvalue weighted by Crippen LogP contribution is -2.56. The second-order valence-electron chi connectivity index (χ2n) is 9.00. The molecule has 3 atom stereocenters. The van der Waals surface area contributed by atoms with E-state index in [1.165, 1.54) is 4.31 Å². The van der Waals surface area contributed by atoms with Gasteiger partial charge in [0, 0.05) is 12.5 Å². The van der Waals surface area contributed by atoms with Crippen molar-refractivity contribution in [3.63, 3.8) is 0 Å². The third-order valence-corrected chi connectivity index (χ3v) is 8.72. The van der Waals surface area contributed by atoms with Gasteiger partial charge in [-0.2, -0.15) is 14.8 Å². The number of hydrogen-bond acceptors (Lipinski definition) is 4. The van der Waals surface area contributed by atoms with E-state index < -0.39 is 27.4 Å². The first kappa shape index (κ1) is 24.4. The minimum absolute atomic E-state index is 0.143. The summed E-state index contributed by atoms with van der Waals surface area (Å²) in [5.41, 5.74) is 0.911. The van der Waals surface area contributed by atoms with Gasteiger partial charge >= 0.3 is 0 Å². The maximum atomic E-state index is 14.1. The molecule has 0 saturated carbocycles. The third kappa shape index (κ3) is 4.39. The van der Waals surface area contributed by atoms with Crippen LogP contribution in [0.4, 0.5) is 0 Å². The van der Waals surface area contributed by atoms with E-state index in [-0.39, 0.29) is 17.4 Å². The Morgan fingerprint density at radius 3 is 2.09 bits per heavy atom. The van der Waals surface area contributed by atoms with Crippen LogP contribution in [0.3, 0.4) is 0 Å². The highest BCUT2D eigenvalue weighted by Crippen LogP contribution is 2.53. The molecular weight excluding hydrogens is 454 g/mol. The van der Waals surface area contributed by atoms with Crippen LogP contribution in [0, 0.1) is 46.8 Å². The Morgan fingerprint density at radius 1 is 0.971 bits per heavy atom. The fourth-order valence-corrected chi connectivity index (χ4v) is 6.87. The Bertz CT molecular complexity index is 1360. The Balaban J connectivity index is 1.93. The molecule has 3 aromatic rings. The molecule has 1 saturated heterocycles. The number of hydrogen-bond donors (Lipinski definition) is 0. The van der Waals surface area contributed by atoms with E-state index in [4.69, 9.17) is 0 Å². The first-order chi connectivity index (χ1) is 16.9. The molecule has 0 unspecified atom stereocenters. The van der Waals surface area contributed by atoms with Crippen molar-refractivity contribution in [3.05, 3.63) is 114 Å². The van der Waals surface area contributed by atoms with Crippen LogP contribution in [0.25, 0.3) is 0 Å². The van der Waals surface area contributed by atoms with E-state index >= 15 is 0 Å². The quantitative estimate of drug-likeness (QED) is 0.439. The molecule has 0 radical (unpaired) electrons. The molecule has 1 fully saturated rings. The van der Waals surface area contributed by atoms with Crippen molar-refractivity contribution in [1.82, 2.24) is 4.31 Å². The molecule has 1 aliphatic heterocycles. The molecule has 6 heteroatoms. The Kier molecular flexibility index (Phi) is 6.89. The second-order valence-corrected chi connectivity index (χ2v) is 10.9. The summed E-state index contributed by atoms with van der Waals surface area (Å²) in [5, 5.41) is 21.0. The molecule has 1 heterocycles. The topological polar surface area (TPSA) is 85.0 Å². The summed E-state index contributed by atoms with van der Waals surface area (Å²) in [6.07, 6.45) is 2.18. The van der Waals surface area contributed by atoms with Crippen molar-refractivity contribution in [2.75, 3.05) is 6.54 Å². The first-order valence-electron chi connectivity index (χ1n) is 11.5. The van der Waals surface area contributed by atoms with Crippen LogP contribution in [0.1, 0.15) is 22.7 Å². The molecule has 0 aliphatic carbocycles. The standard InChI is InChI=1S/C29H27N3O2S/c1-3-27-25(18-23-10-6-4-7-11-23)19-32(35(33,34)26-16-14-22(2)15-17-26)28(29(27,20-30)21-31)24-12-8-5-9-13-24/h3-17,25,27-28H,1,18-19H2,2H3/t25-,27-,28+/m1/s1. The van der Waals surface area contributed by atoms with Gasteiger partial charge in [0.1, 0.15) is 0 Å². The molecule has 176 valence electrons. The molecule has 0 bridgehead atoms. The summed E-state index contributed by atoms with van der Waals surface area (Å²) >= 11 is 0. The van der Waals surface area contributed by atoms with Crippen LogP contribution < -0.4 is 0 Å². The van der Waals surface area contributed by atoms with Crippen molar-refractivity contribution < 1.29 is 8.42 Å². The zero-order valence-electron chi connectivity index (χ0n) is 19.6. The van der Waals surface area contributed by atoms with Gasteiger partial charge in [0.15, 0.2) is 5.41 Å². The lowest BCUT2D eigenvalue weighted by atomic mass is 9.61. The van der Waals surface area contributed by atoms with Gasteiger partial charge < -0.3 is 0 Å². The fourth-order valence-electron chi connectivity index (χ4n) is 5.16. The molecule has 5 nitrogen and oxygen atoms in total. The van der Waals surface area contributed by atoms with Crippen LogP contribution in [-0.2, 0) is 16.4 Å². The predicted molar refractivity (Wildman–Crippen MR) is 135 cm³/mol. The van der Waals surface area contributed by atoms with Gasteiger partial charge in [-0.1, -0.05) is 84.4 Å². The Labute approximate surface area is 207 Å².